The maximum atomic E-state index is 11.9. The van der Waals surface area contributed by atoms with Gasteiger partial charge in [-0.15, -0.1) is 0 Å². The van der Waals surface area contributed by atoms with Crippen molar-refractivity contribution in [3.05, 3.63) is 65.2 Å². The summed E-state index contributed by atoms with van der Waals surface area (Å²) in [4.78, 5) is 20.5. The number of nitrogens with two attached hydrogens (primary N) is 1. The Labute approximate surface area is 177 Å². The predicted molar refractivity (Wildman–Crippen MR) is 114 cm³/mol. The van der Waals surface area contributed by atoms with Gasteiger partial charge in [0.2, 0.25) is 5.91 Å². The van der Waals surface area contributed by atoms with Gasteiger partial charge in [0.15, 0.2) is 17.3 Å². The number of rotatable bonds is 5. The van der Waals surface area contributed by atoms with E-state index in [1.807, 2.05) is 25.1 Å². The Morgan fingerprint density at radius 3 is 2.71 bits per heavy atom. The van der Waals surface area contributed by atoms with Gasteiger partial charge in [-0.2, -0.15) is 4.99 Å². The molecule has 158 valence electrons. The SMILES string of the molecule is COc1ccc(C(=N)N)cc1OC1=C2NC(=O)CN=C2NC(Oc2cccc(C)c2)=N1. The number of ether oxygens (including phenoxy) is 3. The van der Waals surface area contributed by atoms with Crippen molar-refractivity contribution in [1.82, 2.24) is 10.6 Å². The number of methoxy groups -OCH3 is 1. The average Bonchev–Trinajstić information content (AvgIpc) is 2.74. The molecule has 2 heterocycles. The van der Waals surface area contributed by atoms with Crippen molar-refractivity contribution >= 4 is 23.6 Å². The lowest BCUT2D eigenvalue weighted by Gasteiger charge is -2.25. The van der Waals surface area contributed by atoms with Crippen LogP contribution in [0.5, 0.6) is 17.2 Å². The van der Waals surface area contributed by atoms with Crippen LogP contribution in [0.25, 0.3) is 0 Å². The molecule has 1 amide bonds. The lowest BCUT2D eigenvalue weighted by molar-refractivity contribution is -0.119. The molecule has 0 aromatic heterocycles. The molecule has 0 saturated carbocycles. The molecule has 10 heteroatoms. The van der Waals surface area contributed by atoms with Crippen molar-refractivity contribution in [3.63, 3.8) is 0 Å². The van der Waals surface area contributed by atoms with Crippen molar-refractivity contribution < 1.29 is 19.0 Å². The molecule has 0 bridgehead atoms. The smallest absolute Gasteiger partial charge is 0.304 e. The minimum atomic E-state index is -0.302. The quantitative estimate of drug-likeness (QED) is 0.425. The summed E-state index contributed by atoms with van der Waals surface area (Å²) in [6, 6.07) is 12.4. The first-order valence-electron chi connectivity index (χ1n) is 9.32. The number of carbonyl (C=O) groups excluding carboxylic acids is 1. The van der Waals surface area contributed by atoms with Crippen molar-refractivity contribution in [2.45, 2.75) is 6.92 Å². The maximum Gasteiger partial charge on any atom is 0.304 e. The molecule has 2 aromatic rings. The van der Waals surface area contributed by atoms with Crippen molar-refractivity contribution in [2.75, 3.05) is 13.7 Å². The normalized spacial score (nSPS) is 15.1. The molecule has 5 N–H and O–H groups in total. The fourth-order valence-electron chi connectivity index (χ4n) is 2.94. The van der Waals surface area contributed by atoms with E-state index in [-0.39, 0.29) is 41.6 Å². The maximum absolute atomic E-state index is 11.9. The predicted octanol–water partition coefficient (Wildman–Crippen LogP) is 1.40. The summed E-state index contributed by atoms with van der Waals surface area (Å²) in [7, 11) is 1.49. The fraction of sp³-hybridized carbons (Fsp3) is 0.143. The Morgan fingerprint density at radius 1 is 1.13 bits per heavy atom. The molecule has 2 aliphatic rings. The Kier molecular flexibility index (Phi) is 5.27. The minimum Gasteiger partial charge on any atom is -0.493 e. The summed E-state index contributed by atoms with van der Waals surface area (Å²) in [5.41, 5.74) is 7.32. The van der Waals surface area contributed by atoms with Gasteiger partial charge >= 0.3 is 6.02 Å². The van der Waals surface area contributed by atoms with Crippen molar-refractivity contribution in [1.29, 1.82) is 5.41 Å². The van der Waals surface area contributed by atoms with Gasteiger partial charge < -0.3 is 25.3 Å². The fourth-order valence-corrected chi connectivity index (χ4v) is 2.94. The van der Waals surface area contributed by atoms with E-state index in [4.69, 9.17) is 25.4 Å². The Hall–Kier alpha value is -4.34. The Morgan fingerprint density at radius 2 is 1.97 bits per heavy atom. The summed E-state index contributed by atoms with van der Waals surface area (Å²) in [5, 5.41) is 13.3. The van der Waals surface area contributed by atoms with Crippen LogP contribution in [0.15, 0.2) is 64.0 Å². The van der Waals surface area contributed by atoms with Crippen LogP contribution in [0.1, 0.15) is 11.1 Å². The second-order valence-corrected chi connectivity index (χ2v) is 6.74. The highest BCUT2D eigenvalue weighted by Crippen LogP contribution is 2.31. The number of carbonyl (C=O) groups is 1. The van der Waals surface area contributed by atoms with E-state index < -0.39 is 0 Å². The average molecular weight is 420 g/mol. The highest BCUT2D eigenvalue weighted by molar-refractivity contribution is 6.13. The second kappa shape index (κ2) is 8.19. The number of aryl methyl sites for hydroxylation is 1. The molecule has 0 aliphatic carbocycles. The molecular formula is C21H20N6O4. The third-order valence-corrected chi connectivity index (χ3v) is 4.41. The van der Waals surface area contributed by atoms with Crippen molar-refractivity contribution in [3.8, 4) is 17.2 Å². The number of nitrogens with one attached hydrogen (secondary N) is 3. The van der Waals surface area contributed by atoms with Crippen LogP contribution in [0, 0.1) is 12.3 Å². The summed E-state index contributed by atoms with van der Waals surface area (Å²) < 4.78 is 17.2. The lowest BCUT2D eigenvalue weighted by Crippen LogP contribution is -2.48. The molecule has 0 saturated heterocycles. The first kappa shape index (κ1) is 20.0. The van der Waals surface area contributed by atoms with E-state index >= 15 is 0 Å². The van der Waals surface area contributed by atoms with E-state index in [1.165, 1.54) is 7.11 Å². The van der Waals surface area contributed by atoms with Gasteiger partial charge in [-0.25, -0.2) is 0 Å². The van der Waals surface area contributed by atoms with Crippen LogP contribution < -0.4 is 30.6 Å². The zero-order valence-electron chi connectivity index (χ0n) is 16.9. The van der Waals surface area contributed by atoms with Crippen LogP contribution >= 0.6 is 0 Å². The summed E-state index contributed by atoms with van der Waals surface area (Å²) in [6.07, 6.45) is 0. The number of amides is 1. The molecule has 0 spiro atoms. The van der Waals surface area contributed by atoms with E-state index in [1.54, 1.807) is 24.3 Å². The highest BCUT2D eigenvalue weighted by Gasteiger charge is 2.29. The number of nitrogens with zero attached hydrogens (tertiary/aromatic N) is 2. The zero-order chi connectivity index (χ0) is 22.0. The monoisotopic (exact) mass is 420 g/mol. The van der Waals surface area contributed by atoms with Gasteiger partial charge in [0.25, 0.3) is 5.88 Å². The van der Waals surface area contributed by atoms with Crippen LogP contribution in [0.3, 0.4) is 0 Å². The van der Waals surface area contributed by atoms with Gasteiger partial charge in [-0.05, 0) is 42.8 Å². The standard InChI is InChI=1S/C21H20N6O4/c1-11-4-3-5-13(8-11)30-21-26-19-17(25-16(28)10-24-19)20(27-21)31-15-9-12(18(22)23)6-7-14(15)29-2/h3-9H,10H2,1-2H3,(H3,22,23)(H,25,28)(H,24,26,27). The van der Waals surface area contributed by atoms with E-state index in [2.05, 4.69) is 20.6 Å². The van der Waals surface area contributed by atoms with Gasteiger partial charge in [-0.1, -0.05) is 12.1 Å². The van der Waals surface area contributed by atoms with E-state index in [0.717, 1.165) is 5.56 Å². The molecule has 0 atom stereocenters. The van der Waals surface area contributed by atoms with Crippen LogP contribution in [0.4, 0.5) is 0 Å². The van der Waals surface area contributed by atoms with Gasteiger partial charge in [0, 0.05) is 5.56 Å². The highest BCUT2D eigenvalue weighted by atomic mass is 16.5. The summed E-state index contributed by atoms with van der Waals surface area (Å²) in [6.45, 7) is 1.91. The molecule has 0 fully saturated rings. The summed E-state index contributed by atoms with van der Waals surface area (Å²) >= 11 is 0. The van der Waals surface area contributed by atoms with Gasteiger partial charge in [0.05, 0.1) is 7.11 Å². The number of fused-ring (bicyclic) bond motifs is 1. The largest absolute Gasteiger partial charge is 0.493 e. The van der Waals surface area contributed by atoms with Crippen molar-refractivity contribution in [2.24, 2.45) is 15.7 Å². The number of benzene rings is 2. The number of amidine groups is 3. The molecule has 0 radical (unpaired) electrons. The Bertz CT molecular complexity index is 1170. The molecule has 10 nitrogen and oxygen atoms in total. The van der Waals surface area contributed by atoms with Crippen LogP contribution in [-0.2, 0) is 4.79 Å². The number of hydrogen-bond acceptors (Lipinski definition) is 8. The first-order valence-corrected chi connectivity index (χ1v) is 9.32. The third-order valence-electron chi connectivity index (χ3n) is 4.41. The molecule has 31 heavy (non-hydrogen) atoms. The number of aliphatic imine (C=N–C) groups is 2. The topological polar surface area (TPSA) is 143 Å². The van der Waals surface area contributed by atoms with E-state index in [9.17, 15) is 4.79 Å². The lowest BCUT2D eigenvalue weighted by atomic mass is 10.2. The molecule has 2 aromatic carbocycles. The molecular weight excluding hydrogens is 400 g/mol. The summed E-state index contributed by atoms with van der Waals surface area (Å²) in [5.74, 6) is 1.21. The minimum absolute atomic E-state index is 0.0417. The van der Waals surface area contributed by atoms with E-state index in [0.29, 0.717) is 22.9 Å². The van der Waals surface area contributed by atoms with Gasteiger partial charge in [0.1, 0.15) is 23.8 Å². The third kappa shape index (κ3) is 4.32. The Balaban J connectivity index is 1.73. The molecule has 0 unspecified atom stereocenters. The number of hydrogen-bond donors (Lipinski definition) is 4. The molecule has 4 rings (SSSR count). The second-order valence-electron chi connectivity index (χ2n) is 6.74. The van der Waals surface area contributed by atoms with Crippen LogP contribution in [-0.4, -0.2) is 37.3 Å². The van der Waals surface area contributed by atoms with Crippen LogP contribution in [0.2, 0.25) is 0 Å². The zero-order valence-corrected chi connectivity index (χ0v) is 16.9. The first-order chi connectivity index (χ1) is 14.9. The molecule has 2 aliphatic heterocycles. The van der Waals surface area contributed by atoms with Gasteiger partial charge in [-0.3, -0.25) is 20.5 Å². The number of nitrogen functional groups attached to an aromatic ring is 1.